The average molecular weight is 386 g/mol. The maximum Gasteiger partial charge on any atom is 0.193 e. The molecule has 2 aromatic carbocycles. The van der Waals surface area contributed by atoms with E-state index in [0.717, 1.165) is 29.4 Å². The molecule has 0 aliphatic carbocycles. The molecule has 6 heteroatoms. The number of guanidine groups is 1. The summed E-state index contributed by atoms with van der Waals surface area (Å²) in [6.45, 7) is 6.77. The van der Waals surface area contributed by atoms with E-state index in [9.17, 15) is 0 Å². The van der Waals surface area contributed by atoms with Crippen LogP contribution in [-0.2, 0) is 6.42 Å². The van der Waals surface area contributed by atoms with Gasteiger partial charge in [0.25, 0.3) is 0 Å². The van der Waals surface area contributed by atoms with Crippen molar-refractivity contribution >= 4 is 11.6 Å². The molecule has 0 aromatic heterocycles. The van der Waals surface area contributed by atoms with E-state index in [4.69, 9.17) is 19.9 Å². The van der Waals surface area contributed by atoms with Crippen LogP contribution in [0.3, 0.4) is 0 Å². The van der Waals surface area contributed by atoms with Gasteiger partial charge in [-0.25, -0.2) is 0 Å². The molecule has 1 atom stereocenters. The molecule has 3 N–H and O–H groups in total. The Morgan fingerprint density at radius 1 is 1.00 bits per heavy atom. The van der Waals surface area contributed by atoms with Crippen molar-refractivity contribution < 1.29 is 14.2 Å². The summed E-state index contributed by atoms with van der Waals surface area (Å²) in [4.78, 5) is 4.46. The molecule has 0 saturated heterocycles. The van der Waals surface area contributed by atoms with E-state index >= 15 is 0 Å². The fraction of sp³-hybridized carbons (Fsp3) is 0.409. The van der Waals surface area contributed by atoms with Crippen molar-refractivity contribution in [2.45, 2.75) is 33.3 Å². The molecule has 0 amide bonds. The number of methoxy groups -OCH3 is 2. The number of aliphatic imine (C=N–C) groups is 1. The van der Waals surface area contributed by atoms with Crippen molar-refractivity contribution in [2.75, 3.05) is 26.1 Å². The third-order valence-corrected chi connectivity index (χ3v) is 4.10. The Labute approximate surface area is 167 Å². The standard InChI is InChI=1S/C22H31N3O3/c1-15(2)28-19-9-7-18(8-10-19)25-22(23)24-14-16(3)12-17-6-11-20(26-4)21(13-17)27-5/h6-11,13,15-16H,12,14H2,1-5H3,(H3,23,24,25). The molecule has 0 bridgehead atoms. The molecule has 2 rings (SSSR count). The van der Waals surface area contributed by atoms with Gasteiger partial charge < -0.3 is 25.3 Å². The molecule has 2 aromatic rings. The molecule has 6 nitrogen and oxygen atoms in total. The number of hydrogen-bond acceptors (Lipinski definition) is 4. The van der Waals surface area contributed by atoms with Crippen LogP contribution >= 0.6 is 0 Å². The van der Waals surface area contributed by atoms with Gasteiger partial charge in [-0.3, -0.25) is 4.99 Å². The molecule has 28 heavy (non-hydrogen) atoms. The number of benzene rings is 2. The maximum absolute atomic E-state index is 6.02. The predicted molar refractivity (Wildman–Crippen MR) is 115 cm³/mol. The van der Waals surface area contributed by atoms with Gasteiger partial charge in [-0.2, -0.15) is 0 Å². The molecule has 1 unspecified atom stereocenters. The van der Waals surface area contributed by atoms with E-state index in [1.165, 1.54) is 5.56 Å². The minimum absolute atomic E-state index is 0.151. The largest absolute Gasteiger partial charge is 0.493 e. The van der Waals surface area contributed by atoms with Crippen molar-refractivity contribution in [2.24, 2.45) is 16.6 Å². The Kier molecular flexibility index (Phi) is 7.99. The minimum atomic E-state index is 0.151. The van der Waals surface area contributed by atoms with E-state index in [1.54, 1.807) is 14.2 Å². The highest BCUT2D eigenvalue weighted by molar-refractivity contribution is 5.92. The summed E-state index contributed by atoms with van der Waals surface area (Å²) in [7, 11) is 3.28. The molecule has 0 saturated carbocycles. The van der Waals surface area contributed by atoms with Crippen LogP contribution in [0.1, 0.15) is 26.3 Å². The third kappa shape index (κ3) is 6.68. The number of nitrogens with two attached hydrogens (primary N) is 1. The zero-order chi connectivity index (χ0) is 20.5. The van der Waals surface area contributed by atoms with Gasteiger partial charge in [0.05, 0.1) is 20.3 Å². The van der Waals surface area contributed by atoms with Gasteiger partial charge in [-0.1, -0.05) is 13.0 Å². The lowest BCUT2D eigenvalue weighted by Crippen LogP contribution is -2.23. The first-order valence-electron chi connectivity index (χ1n) is 9.45. The SMILES string of the molecule is COc1ccc(CC(C)CN=C(N)Nc2ccc(OC(C)C)cc2)cc1OC. The van der Waals surface area contributed by atoms with Crippen LogP contribution in [0.25, 0.3) is 0 Å². The number of nitrogens with zero attached hydrogens (tertiary/aromatic N) is 1. The van der Waals surface area contributed by atoms with E-state index < -0.39 is 0 Å². The van der Waals surface area contributed by atoms with Gasteiger partial charge in [0.1, 0.15) is 5.75 Å². The minimum Gasteiger partial charge on any atom is -0.493 e. The van der Waals surface area contributed by atoms with Crippen LogP contribution in [0.4, 0.5) is 5.69 Å². The molecule has 0 spiro atoms. The summed E-state index contributed by atoms with van der Waals surface area (Å²) in [5.41, 5.74) is 8.07. The van der Waals surface area contributed by atoms with Crippen LogP contribution < -0.4 is 25.3 Å². The van der Waals surface area contributed by atoms with Crippen molar-refractivity contribution in [3.05, 3.63) is 48.0 Å². The monoisotopic (exact) mass is 385 g/mol. The number of hydrogen-bond donors (Lipinski definition) is 2. The molecule has 0 aliphatic rings. The first kappa shape index (κ1) is 21.4. The van der Waals surface area contributed by atoms with Gasteiger partial charge >= 0.3 is 0 Å². The normalized spacial score (nSPS) is 12.6. The van der Waals surface area contributed by atoms with Gasteiger partial charge in [0.15, 0.2) is 17.5 Å². The lowest BCUT2D eigenvalue weighted by Gasteiger charge is -2.13. The van der Waals surface area contributed by atoms with E-state index in [2.05, 4.69) is 17.2 Å². The molecule has 152 valence electrons. The summed E-state index contributed by atoms with van der Waals surface area (Å²) >= 11 is 0. The fourth-order valence-corrected chi connectivity index (χ4v) is 2.81. The molecule has 0 radical (unpaired) electrons. The molecule has 0 aliphatic heterocycles. The van der Waals surface area contributed by atoms with Gasteiger partial charge in [-0.05, 0) is 68.1 Å². The van der Waals surface area contributed by atoms with Crippen LogP contribution in [0.15, 0.2) is 47.5 Å². The zero-order valence-electron chi connectivity index (χ0n) is 17.4. The molecule has 0 fully saturated rings. The highest BCUT2D eigenvalue weighted by atomic mass is 16.5. The lowest BCUT2D eigenvalue weighted by molar-refractivity contribution is 0.242. The second kappa shape index (κ2) is 10.4. The first-order chi connectivity index (χ1) is 13.4. The second-order valence-electron chi connectivity index (χ2n) is 7.04. The highest BCUT2D eigenvalue weighted by Crippen LogP contribution is 2.28. The Balaban J connectivity index is 1.88. The quantitative estimate of drug-likeness (QED) is 0.502. The van der Waals surface area contributed by atoms with Gasteiger partial charge in [-0.15, -0.1) is 0 Å². The average Bonchev–Trinajstić information content (AvgIpc) is 2.67. The first-order valence-corrected chi connectivity index (χ1v) is 9.45. The van der Waals surface area contributed by atoms with E-state index in [-0.39, 0.29) is 6.10 Å². The summed E-state index contributed by atoms with van der Waals surface area (Å²) in [5.74, 6) is 3.04. The predicted octanol–water partition coefficient (Wildman–Crippen LogP) is 4.10. The van der Waals surface area contributed by atoms with Crippen LogP contribution in [-0.4, -0.2) is 32.8 Å². The van der Waals surface area contributed by atoms with Crippen molar-refractivity contribution in [3.8, 4) is 17.2 Å². The van der Waals surface area contributed by atoms with Crippen LogP contribution in [0.2, 0.25) is 0 Å². The number of anilines is 1. The van der Waals surface area contributed by atoms with Crippen LogP contribution in [0, 0.1) is 5.92 Å². The van der Waals surface area contributed by atoms with Crippen molar-refractivity contribution in [1.29, 1.82) is 0 Å². The lowest BCUT2D eigenvalue weighted by atomic mass is 10.0. The number of rotatable bonds is 9. The Hall–Kier alpha value is -2.89. The van der Waals surface area contributed by atoms with Crippen molar-refractivity contribution in [1.82, 2.24) is 0 Å². The summed E-state index contributed by atoms with van der Waals surface area (Å²) in [5, 5.41) is 3.11. The topological polar surface area (TPSA) is 78.1 Å². The third-order valence-electron chi connectivity index (χ3n) is 4.10. The zero-order valence-corrected chi connectivity index (χ0v) is 17.4. The maximum atomic E-state index is 6.02. The summed E-state index contributed by atoms with van der Waals surface area (Å²) in [6.07, 6.45) is 1.02. The second-order valence-corrected chi connectivity index (χ2v) is 7.04. The van der Waals surface area contributed by atoms with E-state index in [0.29, 0.717) is 18.4 Å². The Morgan fingerprint density at radius 2 is 1.68 bits per heavy atom. The summed E-state index contributed by atoms with van der Waals surface area (Å²) in [6, 6.07) is 13.6. The number of nitrogens with one attached hydrogen (secondary N) is 1. The highest BCUT2D eigenvalue weighted by Gasteiger charge is 2.08. The smallest absolute Gasteiger partial charge is 0.193 e. The molecular formula is C22H31N3O3. The Bertz CT molecular complexity index is 773. The molecular weight excluding hydrogens is 354 g/mol. The molecule has 0 heterocycles. The van der Waals surface area contributed by atoms with E-state index in [1.807, 2.05) is 56.3 Å². The Morgan fingerprint density at radius 3 is 2.29 bits per heavy atom. The van der Waals surface area contributed by atoms with Gasteiger partial charge in [0, 0.05) is 12.2 Å². The fourth-order valence-electron chi connectivity index (χ4n) is 2.81. The van der Waals surface area contributed by atoms with Gasteiger partial charge in [0.2, 0.25) is 0 Å². The van der Waals surface area contributed by atoms with Crippen LogP contribution in [0.5, 0.6) is 17.2 Å². The summed E-state index contributed by atoms with van der Waals surface area (Å²) < 4.78 is 16.3. The number of ether oxygens (including phenoxy) is 3. The van der Waals surface area contributed by atoms with Crippen molar-refractivity contribution in [3.63, 3.8) is 0 Å².